The molecule has 2 rings (SSSR count). The van der Waals surface area contributed by atoms with Crippen LogP contribution in [0, 0.1) is 11.8 Å². The first-order valence-corrected chi connectivity index (χ1v) is 5.35. The third kappa shape index (κ3) is 1.87. The minimum atomic E-state index is 0.391. The predicted molar refractivity (Wildman–Crippen MR) is 60.6 cm³/mol. The summed E-state index contributed by atoms with van der Waals surface area (Å²) in [6, 6.07) is 11.0. The lowest BCUT2D eigenvalue weighted by molar-refractivity contribution is 0.392. The van der Waals surface area contributed by atoms with Crippen LogP contribution in [-0.4, -0.2) is 6.21 Å². The summed E-state index contributed by atoms with van der Waals surface area (Å²) in [4.78, 5) is 4.61. The molecule has 3 unspecified atom stereocenters. The molecule has 1 aromatic carbocycles. The minimum absolute atomic E-state index is 0.391. The van der Waals surface area contributed by atoms with Gasteiger partial charge in [0.05, 0.1) is 6.04 Å². The molecule has 1 aliphatic rings. The molecular formula is C13H17N. The van der Waals surface area contributed by atoms with Crippen molar-refractivity contribution in [3.8, 4) is 0 Å². The van der Waals surface area contributed by atoms with Gasteiger partial charge in [-0.1, -0.05) is 44.2 Å². The standard InChI is InChI=1S/C13H17N/c1-10-8-13(14-9-11(10)2)12-6-4-3-5-7-12/h3-7,9-11,13H,8H2,1-2H3. The van der Waals surface area contributed by atoms with E-state index in [-0.39, 0.29) is 0 Å². The van der Waals surface area contributed by atoms with E-state index >= 15 is 0 Å². The summed E-state index contributed by atoms with van der Waals surface area (Å²) in [6.07, 6.45) is 3.30. The van der Waals surface area contributed by atoms with Gasteiger partial charge >= 0.3 is 0 Å². The van der Waals surface area contributed by atoms with Gasteiger partial charge in [-0.25, -0.2) is 0 Å². The van der Waals surface area contributed by atoms with Crippen LogP contribution in [0.4, 0.5) is 0 Å². The second-order valence-electron chi connectivity index (χ2n) is 4.30. The van der Waals surface area contributed by atoms with Crippen LogP contribution in [0.15, 0.2) is 35.3 Å². The summed E-state index contributed by atoms with van der Waals surface area (Å²) in [5, 5.41) is 0. The molecule has 0 saturated heterocycles. The van der Waals surface area contributed by atoms with Crippen molar-refractivity contribution >= 4 is 6.21 Å². The van der Waals surface area contributed by atoms with Gasteiger partial charge in [-0.2, -0.15) is 0 Å². The lowest BCUT2D eigenvalue weighted by Gasteiger charge is -2.26. The van der Waals surface area contributed by atoms with Crippen molar-refractivity contribution in [2.45, 2.75) is 26.3 Å². The van der Waals surface area contributed by atoms with Gasteiger partial charge < -0.3 is 0 Å². The number of hydrogen-bond donors (Lipinski definition) is 0. The number of aliphatic imine (C=N–C) groups is 1. The average molecular weight is 187 g/mol. The Morgan fingerprint density at radius 1 is 1.14 bits per heavy atom. The van der Waals surface area contributed by atoms with Crippen molar-refractivity contribution in [1.82, 2.24) is 0 Å². The van der Waals surface area contributed by atoms with Crippen molar-refractivity contribution in [2.75, 3.05) is 0 Å². The van der Waals surface area contributed by atoms with Gasteiger partial charge in [-0.3, -0.25) is 4.99 Å². The Balaban J connectivity index is 2.18. The highest BCUT2D eigenvalue weighted by molar-refractivity contribution is 5.62. The quantitative estimate of drug-likeness (QED) is 0.638. The molecule has 0 amide bonds. The van der Waals surface area contributed by atoms with Gasteiger partial charge in [-0.05, 0) is 23.8 Å². The number of hydrogen-bond acceptors (Lipinski definition) is 1. The highest BCUT2D eigenvalue weighted by Crippen LogP contribution is 2.31. The molecule has 0 radical (unpaired) electrons. The lowest BCUT2D eigenvalue weighted by Crippen LogP contribution is -2.18. The van der Waals surface area contributed by atoms with Crippen molar-refractivity contribution in [1.29, 1.82) is 0 Å². The molecule has 1 nitrogen and oxygen atoms in total. The number of rotatable bonds is 1. The molecule has 0 aromatic heterocycles. The molecule has 0 fully saturated rings. The van der Waals surface area contributed by atoms with Gasteiger partial charge in [0.2, 0.25) is 0 Å². The van der Waals surface area contributed by atoms with Crippen LogP contribution in [-0.2, 0) is 0 Å². The lowest BCUT2D eigenvalue weighted by atomic mass is 9.85. The Labute approximate surface area is 85.9 Å². The third-order valence-corrected chi connectivity index (χ3v) is 3.18. The normalized spacial score (nSPS) is 31.7. The molecule has 0 saturated carbocycles. The Kier molecular flexibility index (Phi) is 2.67. The van der Waals surface area contributed by atoms with Gasteiger partial charge in [0.25, 0.3) is 0 Å². The highest BCUT2D eigenvalue weighted by atomic mass is 14.8. The molecule has 3 atom stereocenters. The summed E-state index contributed by atoms with van der Waals surface area (Å²) in [7, 11) is 0. The Bertz CT molecular complexity index is 315. The van der Waals surface area contributed by atoms with Crippen LogP contribution in [0.5, 0.6) is 0 Å². The molecule has 0 N–H and O–H groups in total. The maximum Gasteiger partial charge on any atom is 0.0748 e. The monoisotopic (exact) mass is 187 g/mol. The molecule has 74 valence electrons. The fourth-order valence-electron chi connectivity index (χ4n) is 1.91. The van der Waals surface area contributed by atoms with E-state index in [2.05, 4.69) is 55.4 Å². The second kappa shape index (κ2) is 3.95. The molecule has 0 bridgehead atoms. The topological polar surface area (TPSA) is 12.4 Å². The number of nitrogens with zero attached hydrogens (tertiary/aromatic N) is 1. The van der Waals surface area contributed by atoms with E-state index in [0.717, 1.165) is 5.92 Å². The molecule has 14 heavy (non-hydrogen) atoms. The van der Waals surface area contributed by atoms with Crippen molar-refractivity contribution in [3.05, 3.63) is 35.9 Å². The summed E-state index contributed by atoms with van der Waals surface area (Å²) >= 11 is 0. The Morgan fingerprint density at radius 3 is 2.50 bits per heavy atom. The van der Waals surface area contributed by atoms with Crippen LogP contribution in [0.2, 0.25) is 0 Å². The Morgan fingerprint density at radius 2 is 1.86 bits per heavy atom. The SMILES string of the molecule is CC1C=NC(c2ccccc2)CC1C. The van der Waals surface area contributed by atoms with Crippen LogP contribution < -0.4 is 0 Å². The zero-order valence-corrected chi connectivity index (χ0v) is 8.85. The van der Waals surface area contributed by atoms with Crippen LogP contribution in [0.3, 0.4) is 0 Å². The summed E-state index contributed by atoms with van der Waals surface area (Å²) in [5.41, 5.74) is 1.35. The first-order chi connectivity index (χ1) is 6.77. The smallest absolute Gasteiger partial charge is 0.0748 e. The summed E-state index contributed by atoms with van der Waals surface area (Å²) in [6.45, 7) is 4.56. The van der Waals surface area contributed by atoms with Crippen molar-refractivity contribution in [2.24, 2.45) is 16.8 Å². The molecule has 0 aliphatic carbocycles. The maximum absolute atomic E-state index is 4.61. The van der Waals surface area contributed by atoms with E-state index in [1.54, 1.807) is 0 Å². The third-order valence-electron chi connectivity index (χ3n) is 3.18. The fraction of sp³-hybridized carbons (Fsp3) is 0.462. The van der Waals surface area contributed by atoms with E-state index < -0.39 is 0 Å². The molecule has 1 heteroatoms. The van der Waals surface area contributed by atoms with E-state index in [0.29, 0.717) is 12.0 Å². The molecule has 1 aliphatic heterocycles. The van der Waals surface area contributed by atoms with Crippen LogP contribution >= 0.6 is 0 Å². The predicted octanol–water partition coefficient (Wildman–Crippen LogP) is 3.47. The largest absolute Gasteiger partial charge is 0.289 e. The first-order valence-electron chi connectivity index (χ1n) is 5.35. The first kappa shape index (κ1) is 9.45. The summed E-state index contributed by atoms with van der Waals surface area (Å²) < 4.78 is 0. The van der Waals surface area contributed by atoms with Gasteiger partial charge in [-0.15, -0.1) is 0 Å². The van der Waals surface area contributed by atoms with E-state index in [1.165, 1.54) is 12.0 Å². The van der Waals surface area contributed by atoms with Crippen LogP contribution in [0.1, 0.15) is 31.9 Å². The minimum Gasteiger partial charge on any atom is -0.289 e. The second-order valence-corrected chi connectivity index (χ2v) is 4.30. The van der Waals surface area contributed by atoms with Crippen molar-refractivity contribution < 1.29 is 0 Å². The maximum atomic E-state index is 4.61. The van der Waals surface area contributed by atoms with Crippen molar-refractivity contribution in [3.63, 3.8) is 0 Å². The van der Waals surface area contributed by atoms with E-state index in [4.69, 9.17) is 0 Å². The molecular weight excluding hydrogens is 170 g/mol. The molecule has 1 heterocycles. The zero-order valence-electron chi connectivity index (χ0n) is 8.85. The van der Waals surface area contributed by atoms with Crippen LogP contribution in [0.25, 0.3) is 0 Å². The number of benzene rings is 1. The fourth-order valence-corrected chi connectivity index (χ4v) is 1.91. The summed E-state index contributed by atoms with van der Waals surface area (Å²) in [5.74, 6) is 1.38. The van der Waals surface area contributed by atoms with Gasteiger partial charge in [0.15, 0.2) is 0 Å². The molecule has 0 spiro atoms. The van der Waals surface area contributed by atoms with E-state index in [9.17, 15) is 0 Å². The highest BCUT2D eigenvalue weighted by Gasteiger charge is 2.21. The molecule has 1 aromatic rings. The Hall–Kier alpha value is -1.11. The van der Waals surface area contributed by atoms with E-state index in [1.807, 2.05) is 0 Å². The average Bonchev–Trinajstić information content (AvgIpc) is 2.23. The van der Waals surface area contributed by atoms with Gasteiger partial charge in [0, 0.05) is 6.21 Å². The van der Waals surface area contributed by atoms with Gasteiger partial charge in [0.1, 0.15) is 0 Å². The zero-order chi connectivity index (χ0) is 9.97.